The van der Waals surface area contributed by atoms with Crippen molar-refractivity contribution in [2.45, 2.75) is 12.8 Å². The highest BCUT2D eigenvalue weighted by Gasteiger charge is 2.14. The summed E-state index contributed by atoms with van der Waals surface area (Å²) < 4.78 is 0. The summed E-state index contributed by atoms with van der Waals surface area (Å²) in [5, 5.41) is 21.2. The number of carbonyl (C=O) groups is 2. The van der Waals surface area contributed by atoms with E-state index in [1.807, 2.05) is 30.3 Å². The molecule has 0 aromatic heterocycles. The molecule has 0 spiro atoms. The Hall–Kier alpha value is -2.82. The summed E-state index contributed by atoms with van der Waals surface area (Å²) in [6.07, 6.45) is 0.826. The highest BCUT2D eigenvalue weighted by molar-refractivity contribution is 5.97. The average molecular weight is 285 g/mol. The minimum atomic E-state index is -1.24. The Bertz CT molecular complexity index is 653. The number of anilines is 1. The highest BCUT2D eigenvalue weighted by Crippen LogP contribution is 2.27. The molecule has 0 unspecified atom stereocenters. The van der Waals surface area contributed by atoms with Crippen LogP contribution >= 0.6 is 0 Å². The highest BCUT2D eigenvalue weighted by atomic mass is 16.4. The molecule has 0 radical (unpaired) electrons. The first-order valence-corrected chi connectivity index (χ1v) is 6.47. The number of aryl methyl sites for hydroxylation is 1. The third kappa shape index (κ3) is 3.82. The summed E-state index contributed by atoms with van der Waals surface area (Å²) in [7, 11) is 0. The van der Waals surface area contributed by atoms with Gasteiger partial charge in [-0.25, -0.2) is 4.79 Å². The van der Waals surface area contributed by atoms with Gasteiger partial charge < -0.3 is 15.5 Å². The minimum Gasteiger partial charge on any atom is -0.505 e. The first-order chi connectivity index (χ1) is 10.1. The normalized spacial score (nSPS) is 10.1. The molecule has 0 fully saturated rings. The summed E-state index contributed by atoms with van der Waals surface area (Å²) in [4.78, 5) is 22.7. The Balaban J connectivity index is 2.00. The predicted molar refractivity (Wildman–Crippen MR) is 78.5 cm³/mol. The fourth-order valence-electron chi connectivity index (χ4n) is 1.93. The number of para-hydroxylation sites is 1. The largest absolute Gasteiger partial charge is 0.505 e. The Kier molecular flexibility index (Phi) is 4.56. The number of rotatable bonds is 5. The lowest BCUT2D eigenvalue weighted by Gasteiger charge is -2.09. The Morgan fingerprint density at radius 1 is 1.00 bits per heavy atom. The van der Waals surface area contributed by atoms with Crippen LogP contribution in [0.1, 0.15) is 22.3 Å². The first kappa shape index (κ1) is 14.6. The second kappa shape index (κ2) is 6.56. The van der Waals surface area contributed by atoms with E-state index in [4.69, 9.17) is 5.11 Å². The van der Waals surface area contributed by atoms with Gasteiger partial charge in [0.1, 0.15) is 5.56 Å². The molecule has 21 heavy (non-hydrogen) atoms. The molecule has 3 N–H and O–H groups in total. The molecule has 1 amide bonds. The van der Waals surface area contributed by atoms with Crippen molar-refractivity contribution in [1.82, 2.24) is 0 Å². The van der Waals surface area contributed by atoms with Crippen molar-refractivity contribution in [3.05, 3.63) is 59.7 Å². The van der Waals surface area contributed by atoms with Crippen molar-refractivity contribution in [1.29, 1.82) is 0 Å². The number of aromatic carboxylic acids is 1. The van der Waals surface area contributed by atoms with Gasteiger partial charge in [0.2, 0.25) is 5.91 Å². The average Bonchev–Trinajstić information content (AvgIpc) is 2.48. The fourth-order valence-corrected chi connectivity index (χ4v) is 1.93. The van der Waals surface area contributed by atoms with E-state index in [9.17, 15) is 14.7 Å². The molecule has 0 aliphatic rings. The number of phenols is 1. The van der Waals surface area contributed by atoms with Gasteiger partial charge in [0.05, 0.1) is 5.69 Å². The number of hydrogen-bond acceptors (Lipinski definition) is 3. The molecule has 2 aromatic rings. The van der Waals surface area contributed by atoms with E-state index in [0.29, 0.717) is 6.42 Å². The fraction of sp³-hybridized carbons (Fsp3) is 0.125. The van der Waals surface area contributed by atoms with Crippen molar-refractivity contribution < 1.29 is 19.8 Å². The topological polar surface area (TPSA) is 86.6 Å². The van der Waals surface area contributed by atoms with Crippen LogP contribution < -0.4 is 5.32 Å². The van der Waals surface area contributed by atoms with Gasteiger partial charge >= 0.3 is 5.97 Å². The van der Waals surface area contributed by atoms with Gasteiger partial charge in [-0.15, -0.1) is 0 Å². The molecule has 0 heterocycles. The number of carbonyl (C=O) groups excluding carboxylic acids is 1. The second-order valence-electron chi connectivity index (χ2n) is 4.54. The zero-order chi connectivity index (χ0) is 15.2. The van der Waals surface area contributed by atoms with Gasteiger partial charge in [0, 0.05) is 6.42 Å². The van der Waals surface area contributed by atoms with Gasteiger partial charge in [-0.05, 0) is 24.1 Å². The van der Waals surface area contributed by atoms with Crippen LogP contribution in [0.3, 0.4) is 0 Å². The maximum atomic E-state index is 11.8. The second-order valence-corrected chi connectivity index (χ2v) is 4.54. The van der Waals surface area contributed by atoms with E-state index in [2.05, 4.69) is 5.32 Å². The Morgan fingerprint density at radius 3 is 2.38 bits per heavy atom. The molecule has 0 bridgehead atoms. The zero-order valence-electron chi connectivity index (χ0n) is 11.2. The number of benzene rings is 2. The third-order valence-electron chi connectivity index (χ3n) is 3.02. The lowest BCUT2D eigenvalue weighted by atomic mass is 10.1. The third-order valence-corrected chi connectivity index (χ3v) is 3.02. The maximum Gasteiger partial charge on any atom is 0.339 e. The van der Waals surface area contributed by atoms with Crippen LogP contribution in [0.25, 0.3) is 0 Å². The molecule has 0 saturated carbocycles. The van der Waals surface area contributed by atoms with Crippen molar-refractivity contribution >= 4 is 17.6 Å². The molecule has 0 aliphatic heterocycles. The van der Waals surface area contributed by atoms with E-state index >= 15 is 0 Å². The zero-order valence-corrected chi connectivity index (χ0v) is 11.2. The van der Waals surface area contributed by atoms with Crippen molar-refractivity contribution in [3.8, 4) is 5.75 Å². The number of aromatic hydroxyl groups is 1. The van der Waals surface area contributed by atoms with Crippen LogP contribution in [0, 0.1) is 0 Å². The summed E-state index contributed by atoms with van der Waals surface area (Å²) in [5.74, 6) is -1.96. The summed E-state index contributed by atoms with van der Waals surface area (Å²) in [5.41, 5.74) is 0.903. The molecule has 2 rings (SSSR count). The molecule has 5 nitrogen and oxygen atoms in total. The quantitative estimate of drug-likeness (QED) is 0.737. The van der Waals surface area contributed by atoms with E-state index in [1.54, 1.807) is 0 Å². The lowest BCUT2D eigenvalue weighted by Crippen LogP contribution is -2.13. The Morgan fingerprint density at radius 2 is 1.71 bits per heavy atom. The van der Waals surface area contributed by atoms with Crippen LogP contribution in [0.4, 0.5) is 5.69 Å². The molecular formula is C16H15NO4. The number of nitrogens with one attached hydrogen (secondary N) is 1. The molecule has 2 aromatic carbocycles. The van der Waals surface area contributed by atoms with Crippen molar-refractivity contribution in [3.63, 3.8) is 0 Å². The van der Waals surface area contributed by atoms with E-state index in [1.165, 1.54) is 18.2 Å². The minimum absolute atomic E-state index is 0.105. The van der Waals surface area contributed by atoms with Crippen LogP contribution in [-0.2, 0) is 11.2 Å². The van der Waals surface area contributed by atoms with E-state index < -0.39 is 11.7 Å². The van der Waals surface area contributed by atoms with Crippen LogP contribution in [-0.4, -0.2) is 22.1 Å². The lowest BCUT2D eigenvalue weighted by molar-refractivity contribution is -0.116. The SMILES string of the molecule is O=C(CCc1ccccc1)Nc1cccc(C(=O)O)c1O. The maximum absolute atomic E-state index is 11.8. The molecule has 0 saturated heterocycles. The van der Waals surface area contributed by atoms with Gasteiger partial charge in [-0.2, -0.15) is 0 Å². The van der Waals surface area contributed by atoms with E-state index in [0.717, 1.165) is 5.56 Å². The van der Waals surface area contributed by atoms with E-state index in [-0.39, 0.29) is 23.6 Å². The first-order valence-electron chi connectivity index (χ1n) is 6.47. The predicted octanol–water partition coefficient (Wildman–Crippen LogP) is 2.66. The van der Waals surface area contributed by atoms with Crippen LogP contribution in [0.15, 0.2) is 48.5 Å². The molecule has 0 aliphatic carbocycles. The molecule has 0 atom stereocenters. The monoisotopic (exact) mass is 285 g/mol. The molecule has 5 heteroatoms. The number of hydrogen-bond donors (Lipinski definition) is 3. The van der Waals surface area contributed by atoms with Crippen LogP contribution in [0.5, 0.6) is 5.75 Å². The Labute approximate surface area is 121 Å². The summed E-state index contributed by atoms with van der Waals surface area (Å²) >= 11 is 0. The number of carboxylic acids is 1. The van der Waals surface area contributed by atoms with Gasteiger partial charge in [-0.1, -0.05) is 36.4 Å². The summed E-state index contributed by atoms with van der Waals surface area (Å²) in [6, 6.07) is 13.8. The van der Waals surface area contributed by atoms with Gasteiger partial charge in [-0.3, -0.25) is 4.79 Å². The smallest absolute Gasteiger partial charge is 0.339 e. The van der Waals surface area contributed by atoms with Crippen molar-refractivity contribution in [2.75, 3.05) is 5.32 Å². The van der Waals surface area contributed by atoms with Crippen LogP contribution in [0.2, 0.25) is 0 Å². The van der Waals surface area contributed by atoms with Gasteiger partial charge in [0.25, 0.3) is 0 Å². The summed E-state index contributed by atoms with van der Waals surface area (Å²) in [6.45, 7) is 0. The standard InChI is InChI=1S/C16H15NO4/c18-14(10-9-11-5-2-1-3-6-11)17-13-8-4-7-12(15(13)19)16(20)21/h1-8,19H,9-10H2,(H,17,18)(H,20,21). The van der Waals surface area contributed by atoms with Gasteiger partial charge in [0.15, 0.2) is 5.75 Å². The number of carboxylic acid groups (broad SMARTS) is 1. The molecular weight excluding hydrogens is 270 g/mol. The van der Waals surface area contributed by atoms with Crippen molar-refractivity contribution in [2.24, 2.45) is 0 Å². The molecule has 108 valence electrons. The number of amides is 1.